The third-order valence-electron chi connectivity index (χ3n) is 3.71. The number of carbonyl (C=O) groups excluding carboxylic acids is 2. The van der Waals surface area contributed by atoms with Gasteiger partial charge >= 0.3 is 0 Å². The number of sulfonamides is 1. The third-order valence-corrected chi connectivity index (χ3v) is 4.86. The molecule has 0 aliphatic rings. The average molecular weight is 441 g/mol. The molecule has 4 N–H and O–H groups in total. The van der Waals surface area contributed by atoms with E-state index in [0.717, 1.165) is 0 Å². The molecule has 29 heavy (non-hydrogen) atoms. The van der Waals surface area contributed by atoms with Crippen LogP contribution < -0.4 is 20.5 Å². The molecule has 156 valence electrons. The van der Waals surface area contributed by atoms with Gasteiger partial charge in [0.15, 0.2) is 0 Å². The Morgan fingerprint density at radius 3 is 2.38 bits per heavy atom. The molecule has 11 heteroatoms. The topological polar surface area (TPSA) is 131 Å². The van der Waals surface area contributed by atoms with Gasteiger partial charge in [-0.05, 0) is 43.4 Å². The van der Waals surface area contributed by atoms with Crippen LogP contribution >= 0.6 is 11.6 Å². The summed E-state index contributed by atoms with van der Waals surface area (Å²) in [4.78, 5) is 25.8. The van der Waals surface area contributed by atoms with E-state index in [0.29, 0.717) is 16.5 Å². The number of nitrogens with two attached hydrogens (primary N) is 1. The van der Waals surface area contributed by atoms with Crippen LogP contribution in [0.25, 0.3) is 0 Å². The number of halogens is 1. The van der Waals surface area contributed by atoms with Crippen molar-refractivity contribution in [2.24, 2.45) is 5.14 Å². The van der Waals surface area contributed by atoms with E-state index in [4.69, 9.17) is 21.5 Å². The number of rotatable bonds is 8. The molecule has 0 aliphatic carbocycles. The van der Waals surface area contributed by atoms with Gasteiger partial charge in [-0.3, -0.25) is 14.5 Å². The molecule has 0 spiro atoms. The fourth-order valence-electron chi connectivity index (χ4n) is 2.47. The van der Waals surface area contributed by atoms with E-state index in [1.165, 1.54) is 36.3 Å². The van der Waals surface area contributed by atoms with Gasteiger partial charge in [0.25, 0.3) is 0 Å². The number of primary sulfonamides is 1. The van der Waals surface area contributed by atoms with Gasteiger partial charge in [-0.2, -0.15) is 0 Å². The first-order valence-electron chi connectivity index (χ1n) is 8.33. The van der Waals surface area contributed by atoms with E-state index in [1.807, 2.05) is 0 Å². The van der Waals surface area contributed by atoms with Crippen molar-refractivity contribution in [2.75, 3.05) is 37.9 Å². The molecular weight excluding hydrogens is 420 g/mol. The van der Waals surface area contributed by atoms with Crippen LogP contribution in [0.2, 0.25) is 5.02 Å². The molecule has 0 saturated heterocycles. The van der Waals surface area contributed by atoms with Crippen molar-refractivity contribution < 1.29 is 22.7 Å². The fraction of sp³-hybridized carbons (Fsp3) is 0.222. The number of carbonyl (C=O) groups is 2. The van der Waals surface area contributed by atoms with Crippen LogP contribution in [-0.2, 0) is 19.6 Å². The van der Waals surface area contributed by atoms with Crippen LogP contribution in [0.4, 0.5) is 11.4 Å². The maximum absolute atomic E-state index is 12.2. The van der Waals surface area contributed by atoms with Crippen molar-refractivity contribution in [1.82, 2.24) is 4.90 Å². The predicted octanol–water partition coefficient (Wildman–Crippen LogP) is 1.50. The molecule has 0 fully saturated rings. The first-order chi connectivity index (χ1) is 13.6. The summed E-state index contributed by atoms with van der Waals surface area (Å²) in [7, 11) is -0.808. The molecule has 0 aromatic heterocycles. The SMILES string of the molecule is COc1ccc(Cl)cc1NC(=O)CN(C)CC(=O)Nc1cccc(S(N)(=O)=O)c1. The maximum atomic E-state index is 12.2. The van der Waals surface area contributed by atoms with Gasteiger partial charge in [-0.15, -0.1) is 0 Å². The molecule has 0 atom stereocenters. The Labute approximate surface area is 173 Å². The Morgan fingerprint density at radius 1 is 1.10 bits per heavy atom. The maximum Gasteiger partial charge on any atom is 0.238 e. The van der Waals surface area contributed by atoms with E-state index in [-0.39, 0.29) is 29.6 Å². The van der Waals surface area contributed by atoms with Gasteiger partial charge in [0.05, 0.1) is 30.8 Å². The van der Waals surface area contributed by atoms with Crippen molar-refractivity contribution in [3.05, 3.63) is 47.5 Å². The molecule has 0 bridgehead atoms. The van der Waals surface area contributed by atoms with E-state index < -0.39 is 15.9 Å². The smallest absolute Gasteiger partial charge is 0.238 e. The Balaban J connectivity index is 1.92. The molecule has 0 radical (unpaired) electrons. The molecule has 9 nitrogen and oxygen atoms in total. The van der Waals surface area contributed by atoms with Crippen LogP contribution in [0.5, 0.6) is 5.75 Å². The average Bonchev–Trinajstić information content (AvgIpc) is 2.61. The number of benzene rings is 2. The Kier molecular flexibility index (Phi) is 7.57. The lowest BCUT2D eigenvalue weighted by Crippen LogP contribution is -2.36. The number of nitrogens with one attached hydrogen (secondary N) is 2. The minimum atomic E-state index is -3.87. The second-order valence-electron chi connectivity index (χ2n) is 6.19. The summed E-state index contributed by atoms with van der Waals surface area (Å²) in [5, 5.41) is 10.8. The number of methoxy groups -OCH3 is 1. The molecule has 2 amide bonds. The Morgan fingerprint density at radius 2 is 1.76 bits per heavy atom. The monoisotopic (exact) mass is 440 g/mol. The van der Waals surface area contributed by atoms with Gasteiger partial charge in [-0.25, -0.2) is 13.6 Å². The van der Waals surface area contributed by atoms with Crippen LogP contribution in [0.3, 0.4) is 0 Å². The standard InChI is InChI=1S/C18H21ClN4O5S/c1-23(11-18(25)22-15-8-12(19)6-7-16(15)28-2)10-17(24)21-13-4-3-5-14(9-13)29(20,26)27/h3-9H,10-11H2,1-2H3,(H,21,24)(H,22,25)(H2,20,26,27). The van der Waals surface area contributed by atoms with Crippen molar-refractivity contribution in [2.45, 2.75) is 4.90 Å². The number of amides is 2. The lowest BCUT2D eigenvalue weighted by Gasteiger charge is -2.17. The van der Waals surface area contributed by atoms with Gasteiger partial charge in [0, 0.05) is 10.7 Å². The van der Waals surface area contributed by atoms with Gasteiger partial charge in [0.1, 0.15) is 5.75 Å². The highest BCUT2D eigenvalue weighted by Crippen LogP contribution is 2.27. The van der Waals surface area contributed by atoms with Crippen molar-refractivity contribution >= 4 is 44.8 Å². The first-order valence-corrected chi connectivity index (χ1v) is 10.3. The zero-order valence-corrected chi connectivity index (χ0v) is 17.4. The second kappa shape index (κ2) is 9.70. The van der Waals surface area contributed by atoms with E-state index in [2.05, 4.69) is 10.6 Å². The second-order valence-corrected chi connectivity index (χ2v) is 8.18. The predicted molar refractivity (Wildman–Crippen MR) is 111 cm³/mol. The van der Waals surface area contributed by atoms with Crippen LogP contribution in [-0.4, -0.2) is 52.4 Å². The normalized spacial score (nSPS) is 11.2. The lowest BCUT2D eigenvalue weighted by molar-refractivity contribution is -0.119. The van der Waals surface area contributed by atoms with Crippen LogP contribution in [0, 0.1) is 0 Å². The van der Waals surface area contributed by atoms with Gasteiger partial charge in [-0.1, -0.05) is 17.7 Å². The summed E-state index contributed by atoms with van der Waals surface area (Å²) in [6, 6.07) is 10.4. The Hall–Kier alpha value is -2.66. The molecule has 0 saturated carbocycles. The minimum absolute atomic E-state index is 0.0691. The number of nitrogens with zero attached hydrogens (tertiary/aromatic N) is 1. The van der Waals surface area contributed by atoms with E-state index in [1.54, 1.807) is 25.2 Å². The highest BCUT2D eigenvalue weighted by atomic mass is 35.5. The van der Waals surface area contributed by atoms with Crippen molar-refractivity contribution in [3.63, 3.8) is 0 Å². The number of likely N-dealkylation sites (N-methyl/N-ethyl adjacent to an activating group) is 1. The fourth-order valence-corrected chi connectivity index (χ4v) is 3.20. The number of anilines is 2. The molecule has 0 unspecified atom stereocenters. The number of ether oxygens (including phenoxy) is 1. The lowest BCUT2D eigenvalue weighted by atomic mass is 10.3. The third kappa shape index (κ3) is 7.02. The molecular formula is C18H21ClN4O5S. The summed E-state index contributed by atoms with van der Waals surface area (Å²) in [5.41, 5.74) is 0.700. The molecule has 2 rings (SSSR count). The van der Waals surface area contributed by atoms with Gasteiger partial charge < -0.3 is 15.4 Å². The van der Waals surface area contributed by atoms with E-state index in [9.17, 15) is 18.0 Å². The summed E-state index contributed by atoms with van der Waals surface area (Å²) in [6.45, 7) is -0.167. The first kappa shape index (κ1) is 22.6. The molecule has 2 aromatic carbocycles. The van der Waals surface area contributed by atoms with Crippen LogP contribution in [0.15, 0.2) is 47.4 Å². The Bertz CT molecular complexity index is 1010. The van der Waals surface area contributed by atoms with Crippen molar-refractivity contribution in [3.8, 4) is 5.75 Å². The zero-order valence-electron chi connectivity index (χ0n) is 15.8. The molecule has 2 aromatic rings. The van der Waals surface area contributed by atoms with E-state index >= 15 is 0 Å². The molecule has 0 aliphatic heterocycles. The van der Waals surface area contributed by atoms with Gasteiger partial charge in [0.2, 0.25) is 21.8 Å². The van der Waals surface area contributed by atoms with Crippen LogP contribution in [0.1, 0.15) is 0 Å². The quantitative estimate of drug-likeness (QED) is 0.570. The number of hydrogen-bond acceptors (Lipinski definition) is 6. The molecule has 0 heterocycles. The van der Waals surface area contributed by atoms with Crippen molar-refractivity contribution in [1.29, 1.82) is 0 Å². The summed E-state index contributed by atoms with van der Waals surface area (Å²) in [5.74, 6) is -0.331. The minimum Gasteiger partial charge on any atom is -0.495 e. The summed E-state index contributed by atoms with van der Waals surface area (Å²) in [6.07, 6.45) is 0. The summed E-state index contributed by atoms with van der Waals surface area (Å²) < 4.78 is 27.9. The number of hydrogen-bond donors (Lipinski definition) is 3. The highest BCUT2D eigenvalue weighted by molar-refractivity contribution is 7.89. The highest BCUT2D eigenvalue weighted by Gasteiger charge is 2.14. The summed E-state index contributed by atoms with van der Waals surface area (Å²) >= 11 is 5.93. The zero-order chi connectivity index (χ0) is 21.6. The largest absolute Gasteiger partial charge is 0.495 e.